The van der Waals surface area contributed by atoms with Crippen LogP contribution in [0, 0.1) is 0 Å². The molecule has 0 aliphatic carbocycles. The number of hydrogen-bond acceptors (Lipinski definition) is 4. The number of benzene rings is 12. The molecule has 15 rings (SSSR count). The summed E-state index contributed by atoms with van der Waals surface area (Å²) in [5.41, 5.74) is 14.6. The highest BCUT2D eigenvalue weighted by Gasteiger charge is 2.23. The Morgan fingerprint density at radius 2 is 0.760 bits per heavy atom. The molecule has 352 valence electrons. The highest BCUT2D eigenvalue weighted by Crippen LogP contribution is 2.48. The topological polar surface area (TPSA) is 11.4 Å². The normalized spacial score (nSPS) is 11.7. The zero-order valence-corrected chi connectivity index (χ0v) is 42.3. The molecule has 5 heteroatoms. The molecule has 0 radical (unpaired) electrons. The van der Waals surface area contributed by atoms with Crippen LogP contribution in [0.5, 0.6) is 0 Å². The minimum atomic E-state index is 1.05. The average molecular weight is 992 g/mol. The second kappa shape index (κ2) is 17.7. The van der Waals surface area contributed by atoms with Crippen molar-refractivity contribution in [3.8, 4) is 27.9 Å². The van der Waals surface area contributed by atoms with Crippen LogP contribution in [0.4, 0.5) is 34.1 Å². The maximum atomic E-state index is 2.49. The average Bonchev–Trinajstić information content (AvgIpc) is 4.19. The first-order valence-corrected chi connectivity index (χ1v) is 27.1. The van der Waals surface area contributed by atoms with E-state index in [2.05, 4.69) is 287 Å². The molecule has 75 heavy (non-hydrogen) atoms. The minimum absolute atomic E-state index is 1.05. The Hall–Kier alpha value is -9.26. The van der Waals surface area contributed by atoms with E-state index in [0.29, 0.717) is 0 Å². The number of hydrogen-bond donors (Lipinski definition) is 0. The number of nitrogens with zero attached hydrogens (tertiary/aromatic N) is 3. The summed E-state index contributed by atoms with van der Waals surface area (Å²) in [6, 6.07) is 101. The van der Waals surface area contributed by atoms with Crippen LogP contribution < -0.4 is 9.80 Å². The molecule has 0 saturated carbocycles. The lowest BCUT2D eigenvalue weighted by Crippen LogP contribution is -2.13. The van der Waals surface area contributed by atoms with Gasteiger partial charge in [0.25, 0.3) is 0 Å². The third kappa shape index (κ3) is 7.39. The fourth-order valence-electron chi connectivity index (χ4n) is 11.4. The van der Waals surface area contributed by atoms with Gasteiger partial charge in [0.15, 0.2) is 0 Å². The molecule has 0 bridgehead atoms. The molecule has 0 amide bonds. The Bertz CT molecular complexity index is 4610. The summed E-state index contributed by atoms with van der Waals surface area (Å²) >= 11 is 3.71. The Morgan fingerprint density at radius 3 is 1.48 bits per heavy atom. The number of para-hydroxylation sites is 2. The van der Waals surface area contributed by atoms with Crippen molar-refractivity contribution in [3.05, 3.63) is 273 Å². The van der Waals surface area contributed by atoms with Crippen molar-refractivity contribution in [2.24, 2.45) is 0 Å². The van der Waals surface area contributed by atoms with Crippen molar-refractivity contribution in [2.75, 3.05) is 9.80 Å². The molecule has 15 aromatic rings. The van der Waals surface area contributed by atoms with Gasteiger partial charge in [-0.05, 0) is 131 Å². The van der Waals surface area contributed by atoms with Crippen LogP contribution in [0.25, 0.3) is 101 Å². The highest BCUT2D eigenvalue weighted by molar-refractivity contribution is 7.26. The summed E-state index contributed by atoms with van der Waals surface area (Å²) in [7, 11) is 0. The van der Waals surface area contributed by atoms with Crippen LogP contribution in [0.15, 0.2) is 273 Å². The Labute approximate surface area is 442 Å². The van der Waals surface area contributed by atoms with E-state index in [0.717, 1.165) is 56.5 Å². The second-order valence-electron chi connectivity index (χ2n) is 19.3. The van der Waals surface area contributed by atoms with Crippen molar-refractivity contribution >= 4 is 130 Å². The summed E-state index contributed by atoms with van der Waals surface area (Å²) < 4.78 is 7.61. The first kappa shape index (κ1) is 43.3. The molecular formula is C70H45N3S2. The SMILES string of the molecule is c1ccc(-c2ccc(-n3c4cc(-c5cc(N(c6ccccc6)c6ccccc6)cc(N(c6ccc7c(c6)sc6ccccc67)c6ccc7sc8ccccc8c7c6)c5)ccc4c4ccc5ccccc5c43)cc2)cc1. The van der Waals surface area contributed by atoms with E-state index in [4.69, 9.17) is 0 Å². The van der Waals surface area contributed by atoms with E-state index in [1.165, 1.54) is 78.5 Å². The number of rotatable bonds is 9. The van der Waals surface area contributed by atoms with Gasteiger partial charge in [-0.1, -0.05) is 170 Å². The van der Waals surface area contributed by atoms with E-state index in [9.17, 15) is 0 Å². The van der Waals surface area contributed by atoms with Crippen molar-refractivity contribution in [2.45, 2.75) is 0 Å². The van der Waals surface area contributed by atoms with Gasteiger partial charge in [-0.3, -0.25) is 0 Å². The van der Waals surface area contributed by atoms with Crippen molar-refractivity contribution in [1.29, 1.82) is 0 Å². The Kier molecular flexibility index (Phi) is 10.3. The van der Waals surface area contributed by atoms with Gasteiger partial charge in [0, 0.05) is 96.3 Å². The van der Waals surface area contributed by atoms with Gasteiger partial charge in [0.1, 0.15) is 0 Å². The summed E-state index contributed by atoms with van der Waals surface area (Å²) in [6.07, 6.45) is 0. The fraction of sp³-hybridized carbons (Fsp3) is 0. The molecule has 0 spiro atoms. The van der Waals surface area contributed by atoms with Crippen LogP contribution in [-0.4, -0.2) is 4.57 Å². The van der Waals surface area contributed by atoms with Gasteiger partial charge in [0.2, 0.25) is 0 Å². The van der Waals surface area contributed by atoms with Gasteiger partial charge in [-0.15, -0.1) is 22.7 Å². The van der Waals surface area contributed by atoms with E-state index in [1.807, 2.05) is 22.7 Å². The molecule has 0 saturated heterocycles. The molecule has 3 heterocycles. The molecule has 0 aliphatic rings. The third-order valence-electron chi connectivity index (χ3n) is 14.9. The van der Waals surface area contributed by atoms with Crippen LogP contribution in [0.1, 0.15) is 0 Å². The number of aromatic nitrogens is 1. The summed E-state index contributed by atoms with van der Waals surface area (Å²) in [5, 5.41) is 10.0. The number of fused-ring (bicyclic) bond motifs is 11. The van der Waals surface area contributed by atoms with Gasteiger partial charge >= 0.3 is 0 Å². The van der Waals surface area contributed by atoms with Crippen LogP contribution >= 0.6 is 22.7 Å². The maximum Gasteiger partial charge on any atom is 0.0619 e. The van der Waals surface area contributed by atoms with Crippen LogP contribution in [0.3, 0.4) is 0 Å². The zero-order valence-electron chi connectivity index (χ0n) is 40.6. The first-order chi connectivity index (χ1) is 37.2. The zero-order chi connectivity index (χ0) is 49.4. The maximum absolute atomic E-state index is 2.49. The molecule has 3 nitrogen and oxygen atoms in total. The quantitative estimate of drug-likeness (QED) is 0.143. The van der Waals surface area contributed by atoms with Gasteiger partial charge in [-0.25, -0.2) is 0 Å². The predicted octanol–water partition coefficient (Wildman–Crippen LogP) is 20.9. The molecular weight excluding hydrogens is 947 g/mol. The fourth-order valence-corrected chi connectivity index (χ4v) is 13.7. The lowest BCUT2D eigenvalue weighted by molar-refractivity contribution is 1.19. The molecule has 0 N–H and O–H groups in total. The number of thiophene rings is 2. The van der Waals surface area contributed by atoms with E-state index < -0.39 is 0 Å². The van der Waals surface area contributed by atoms with Crippen LogP contribution in [-0.2, 0) is 0 Å². The van der Waals surface area contributed by atoms with Gasteiger partial charge in [0.05, 0.1) is 11.0 Å². The largest absolute Gasteiger partial charge is 0.310 e. The van der Waals surface area contributed by atoms with Crippen molar-refractivity contribution in [1.82, 2.24) is 4.57 Å². The molecule has 3 aromatic heterocycles. The Balaban J connectivity index is 0.999. The lowest BCUT2D eigenvalue weighted by Gasteiger charge is -2.30. The summed E-state index contributed by atoms with van der Waals surface area (Å²) in [4.78, 5) is 4.87. The van der Waals surface area contributed by atoms with Gasteiger partial charge in [-0.2, -0.15) is 0 Å². The van der Waals surface area contributed by atoms with Gasteiger partial charge < -0.3 is 14.4 Å². The summed E-state index contributed by atoms with van der Waals surface area (Å²) in [5.74, 6) is 0. The monoisotopic (exact) mass is 991 g/mol. The van der Waals surface area contributed by atoms with E-state index in [-0.39, 0.29) is 0 Å². The summed E-state index contributed by atoms with van der Waals surface area (Å²) in [6.45, 7) is 0. The molecule has 0 fully saturated rings. The Morgan fingerprint density at radius 1 is 0.253 bits per heavy atom. The standard InChI is InChI=1S/C70H45N3S2/c1-4-16-46(17-5-1)47-28-32-53(33-29-47)73-65-42-49(31-36-59(65)63-37-30-48-18-10-11-23-58(48)70(63)73)50-40-56(71(51-19-6-2-7-20-51)52-21-8-3-9-22-52)43-57(41-50)72(54-35-39-68-64(44-54)61-25-13-15-27-67(61)74-68)55-34-38-62-60-24-12-14-26-66(60)75-69(62)45-55/h1-45H. The number of anilines is 6. The molecule has 0 unspecified atom stereocenters. The van der Waals surface area contributed by atoms with Crippen molar-refractivity contribution < 1.29 is 0 Å². The molecule has 0 aliphatic heterocycles. The van der Waals surface area contributed by atoms with Crippen LogP contribution in [0.2, 0.25) is 0 Å². The smallest absolute Gasteiger partial charge is 0.0619 e. The van der Waals surface area contributed by atoms with Crippen molar-refractivity contribution in [3.63, 3.8) is 0 Å². The first-order valence-electron chi connectivity index (χ1n) is 25.5. The van der Waals surface area contributed by atoms with E-state index in [1.54, 1.807) is 0 Å². The van der Waals surface area contributed by atoms with E-state index >= 15 is 0 Å². The predicted molar refractivity (Wildman–Crippen MR) is 324 cm³/mol. The third-order valence-corrected chi connectivity index (χ3v) is 17.2. The molecule has 0 atom stereocenters. The highest BCUT2D eigenvalue weighted by atomic mass is 32.1. The lowest BCUT2D eigenvalue weighted by atomic mass is 10.00. The molecule has 12 aromatic carbocycles. The second-order valence-corrected chi connectivity index (χ2v) is 21.5. The minimum Gasteiger partial charge on any atom is -0.310 e.